The van der Waals surface area contributed by atoms with Crippen LogP contribution in [-0.2, 0) is 11.2 Å². The molecule has 1 aromatic heterocycles. The first-order valence-corrected chi connectivity index (χ1v) is 9.34. The van der Waals surface area contributed by atoms with E-state index in [0.717, 1.165) is 22.4 Å². The second kappa shape index (κ2) is 8.69. The first-order valence-electron chi connectivity index (χ1n) is 9.34. The summed E-state index contributed by atoms with van der Waals surface area (Å²) in [4.78, 5) is 16.7. The highest BCUT2D eigenvalue weighted by atomic mass is 16.5. The number of hydrogen-bond donors (Lipinski definition) is 1. The minimum Gasteiger partial charge on any atom is -0.481 e. The van der Waals surface area contributed by atoms with Crippen molar-refractivity contribution in [1.82, 2.24) is 15.5 Å². The third-order valence-corrected chi connectivity index (χ3v) is 4.64. The highest BCUT2D eigenvalue weighted by Gasteiger charge is 2.16. The van der Waals surface area contributed by atoms with Gasteiger partial charge in [-0.05, 0) is 44.9 Å². The van der Waals surface area contributed by atoms with E-state index < -0.39 is 6.10 Å². The van der Waals surface area contributed by atoms with Crippen molar-refractivity contribution < 1.29 is 14.1 Å². The minimum absolute atomic E-state index is 0.181. The molecule has 2 aromatic carbocycles. The highest BCUT2D eigenvalue weighted by Crippen LogP contribution is 2.21. The van der Waals surface area contributed by atoms with Crippen molar-refractivity contribution in [2.24, 2.45) is 0 Å². The van der Waals surface area contributed by atoms with Gasteiger partial charge in [0.25, 0.3) is 5.91 Å². The molecule has 1 heterocycles. The minimum atomic E-state index is -0.591. The van der Waals surface area contributed by atoms with Crippen LogP contribution in [0.25, 0.3) is 11.4 Å². The Kier molecular flexibility index (Phi) is 6.09. The average molecular weight is 379 g/mol. The molecule has 0 saturated carbocycles. The normalized spacial score (nSPS) is 11.9. The topological polar surface area (TPSA) is 77.2 Å². The molecule has 0 aliphatic rings. The Bertz CT molecular complexity index is 948. The summed E-state index contributed by atoms with van der Waals surface area (Å²) in [6.45, 7) is 8.16. The Morgan fingerprint density at radius 1 is 1.14 bits per heavy atom. The van der Waals surface area contributed by atoms with Gasteiger partial charge in [0.2, 0.25) is 11.7 Å². The van der Waals surface area contributed by atoms with Crippen LogP contribution < -0.4 is 10.1 Å². The molecule has 3 rings (SSSR count). The van der Waals surface area contributed by atoms with Gasteiger partial charge in [-0.1, -0.05) is 47.1 Å². The molecule has 1 amide bonds. The monoisotopic (exact) mass is 379 g/mol. The number of hydrogen-bond acceptors (Lipinski definition) is 5. The molecule has 0 fully saturated rings. The third kappa shape index (κ3) is 4.76. The van der Waals surface area contributed by atoms with Gasteiger partial charge in [-0.25, -0.2) is 0 Å². The SMILES string of the molecule is Cc1ccc(-c2noc(CCNC(=O)[C@H](C)Oc3cccc(C)c3C)n2)cc1. The van der Waals surface area contributed by atoms with Gasteiger partial charge in [0.1, 0.15) is 5.75 Å². The van der Waals surface area contributed by atoms with Gasteiger partial charge in [-0.2, -0.15) is 4.98 Å². The number of ether oxygens (including phenoxy) is 1. The summed E-state index contributed by atoms with van der Waals surface area (Å²) >= 11 is 0. The molecule has 3 aromatic rings. The Hall–Kier alpha value is -3.15. The smallest absolute Gasteiger partial charge is 0.260 e. The molecule has 1 N–H and O–H groups in total. The number of rotatable bonds is 7. The van der Waals surface area contributed by atoms with Crippen molar-refractivity contribution in [3.63, 3.8) is 0 Å². The molecule has 28 heavy (non-hydrogen) atoms. The Morgan fingerprint density at radius 3 is 2.64 bits per heavy atom. The van der Waals surface area contributed by atoms with Gasteiger partial charge >= 0.3 is 0 Å². The van der Waals surface area contributed by atoms with Crippen LogP contribution in [0.1, 0.15) is 29.5 Å². The van der Waals surface area contributed by atoms with Gasteiger partial charge in [0.05, 0.1) is 0 Å². The van der Waals surface area contributed by atoms with E-state index in [2.05, 4.69) is 15.5 Å². The summed E-state index contributed by atoms with van der Waals surface area (Å²) in [6, 6.07) is 13.7. The van der Waals surface area contributed by atoms with Crippen LogP contribution in [0, 0.1) is 20.8 Å². The maximum absolute atomic E-state index is 12.3. The number of aromatic nitrogens is 2. The van der Waals surface area contributed by atoms with E-state index in [1.54, 1.807) is 6.92 Å². The maximum atomic E-state index is 12.3. The van der Waals surface area contributed by atoms with E-state index >= 15 is 0 Å². The Morgan fingerprint density at radius 2 is 1.89 bits per heavy atom. The zero-order valence-electron chi connectivity index (χ0n) is 16.7. The zero-order chi connectivity index (χ0) is 20.1. The molecule has 0 aliphatic heterocycles. The van der Waals surface area contributed by atoms with Gasteiger partial charge in [-0.15, -0.1) is 0 Å². The Labute approximate surface area is 164 Å². The lowest BCUT2D eigenvalue weighted by atomic mass is 10.1. The van der Waals surface area contributed by atoms with Crippen LogP contribution in [0.4, 0.5) is 0 Å². The number of carbonyl (C=O) groups is 1. The van der Waals surface area contributed by atoms with Crippen molar-refractivity contribution >= 4 is 5.91 Å². The van der Waals surface area contributed by atoms with E-state index in [9.17, 15) is 4.79 Å². The largest absolute Gasteiger partial charge is 0.481 e. The number of carbonyl (C=O) groups excluding carboxylic acids is 1. The second-order valence-electron chi connectivity index (χ2n) is 6.88. The number of amides is 1. The third-order valence-electron chi connectivity index (χ3n) is 4.64. The maximum Gasteiger partial charge on any atom is 0.260 e. The fourth-order valence-corrected chi connectivity index (χ4v) is 2.71. The highest BCUT2D eigenvalue weighted by molar-refractivity contribution is 5.80. The average Bonchev–Trinajstić information content (AvgIpc) is 3.14. The molecule has 146 valence electrons. The molecule has 0 unspecified atom stereocenters. The summed E-state index contributed by atoms with van der Waals surface area (Å²) in [5.41, 5.74) is 4.25. The summed E-state index contributed by atoms with van der Waals surface area (Å²) in [5.74, 6) is 1.58. The van der Waals surface area contributed by atoms with Crippen LogP contribution in [0.3, 0.4) is 0 Å². The predicted octanol–water partition coefficient (Wildman–Crippen LogP) is 3.79. The summed E-state index contributed by atoms with van der Waals surface area (Å²) < 4.78 is 11.1. The van der Waals surface area contributed by atoms with E-state index in [0.29, 0.717) is 24.7 Å². The number of aryl methyl sites for hydroxylation is 2. The zero-order valence-corrected chi connectivity index (χ0v) is 16.7. The summed E-state index contributed by atoms with van der Waals surface area (Å²) in [6.07, 6.45) is -0.132. The van der Waals surface area contributed by atoms with E-state index in [4.69, 9.17) is 9.26 Å². The molecular weight excluding hydrogens is 354 g/mol. The van der Waals surface area contributed by atoms with Crippen LogP contribution in [0.15, 0.2) is 47.0 Å². The van der Waals surface area contributed by atoms with Crippen molar-refractivity contribution in [3.05, 3.63) is 65.0 Å². The van der Waals surface area contributed by atoms with Gasteiger partial charge < -0.3 is 14.6 Å². The fraction of sp³-hybridized carbons (Fsp3) is 0.318. The van der Waals surface area contributed by atoms with Crippen molar-refractivity contribution in [3.8, 4) is 17.1 Å². The molecule has 0 bridgehead atoms. The molecule has 1 atom stereocenters. The first-order chi connectivity index (χ1) is 13.4. The first kappa shape index (κ1) is 19.6. The van der Waals surface area contributed by atoms with E-state index in [1.807, 2.05) is 63.2 Å². The molecule has 6 nitrogen and oxygen atoms in total. The number of nitrogens with one attached hydrogen (secondary N) is 1. The van der Waals surface area contributed by atoms with Gasteiger partial charge in [0, 0.05) is 18.5 Å². The lowest BCUT2D eigenvalue weighted by Crippen LogP contribution is -2.37. The number of benzene rings is 2. The van der Waals surface area contributed by atoms with Crippen molar-refractivity contribution in [2.75, 3.05) is 6.54 Å². The standard InChI is InChI=1S/C22H25N3O3/c1-14-8-10-18(11-9-14)21-24-20(28-25-21)12-13-23-22(26)17(4)27-19-7-5-6-15(2)16(19)3/h5-11,17H,12-13H2,1-4H3,(H,23,26)/t17-/m0/s1. The molecule has 0 saturated heterocycles. The molecule has 0 radical (unpaired) electrons. The molecular formula is C22H25N3O3. The van der Waals surface area contributed by atoms with Crippen LogP contribution >= 0.6 is 0 Å². The summed E-state index contributed by atoms with van der Waals surface area (Å²) in [5, 5.41) is 6.85. The van der Waals surface area contributed by atoms with E-state index in [-0.39, 0.29) is 5.91 Å². The molecule has 6 heteroatoms. The van der Waals surface area contributed by atoms with Gasteiger partial charge in [0.15, 0.2) is 6.10 Å². The van der Waals surface area contributed by atoms with Crippen LogP contribution in [-0.4, -0.2) is 28.7 Å². The Balaban J connectivity index is 1.50. The lowest BCUT2D eigenvalue weighted by Gasteiger charge is -2.16. The van der Waals surface area contributed by atoms with E-state index in [1.165, 1.54) is 5.56 Å². The van der Waals surface area contributed by atoms with Gasteiger partial charge in [-0.3, -0.25) is 4.79 Å². The van der Waals surface area contributed by atoms with Crippen molar-refractivity contribution in [1.29, 1.82) is 0 Å². The lowest BCUT2D eigenvalue weighted by molar-refractivity contribution is -0.127. The summed E-state index contributed by atoms with van der Waals surface area (Å²) in [7, 11) is 0. The van der Waals surface area contributed by atoms with Crippen LogP contribution in [0.5, 0.6) is 5.75 Å². The van der Waals surface area contributed by atoms with Crippen molar-refractivity contribution in [2.45, 2.75) is 40.2 Å². The molecule has 0 aliphatic carbocycles. The molecule has 0 spiro atoms. The quantitative estimate of drug-likeness (QED) is 0.676. The van der Waals surface area contributed by atoms with Crippen LogP contribution in [0.2, 0.25) is 0 Å². The number of nitrogens with zero attached hydrogens (tertiary/aromatic N) is 2. The predicted molar refractivity (Wildman–Crippen MR) is 107 cm³/mol. The second-order valence-corrected chi connectivity index (χ2v) is 6.88. The fourth-order valence-electron chi connectivity index (χ4n) is 2.71.